The summed E-state index contributed by atoms with van der Waals surface area (Å²) in [6.45, 7) is 5.47. The Morgan fingerprint density at radius 1 is 1.19 bits per heavy atom. The molecule has 2 aromatic heterocycles. The number of benzene rings is 2. The zero-order chi connectivity index (χ0) is 29.8. The van der Waals surface area contributed by atoms with Gasteiger partial charge in [-0.3, -0.25) is 9.59 Å². The normalized spacial score (nSPS) is 14.1. The van der Waals surface area contributed by atoms with Gasteiger partial charge in [0, 0.05) is 49.9 Å². The van der Waals surface area contributed by atoms with Crippen molar-refractivity contribution in [2.24, 2.45) is 5.10 Å². The van der Waals surface area contributed by atoms with Gasteiger partial charge in [-0.05, 0) is 32.2 Å². The number of halogens is 1. The molecule has 0 radical (unpaired) electrons. The van der Waals surface area contributed by atoms with E-state index >= 15 is 4.39 Å². The Kier molecular flexibility index (Phi) is 8.64. The number of carboxylic acids is 1. The summed E-state index contributed by atoms with van der Waals surface area (Å²) in [5.74, 6) is -2.24. The molecule has 1 amide bonds. The molecule has 42 heavy (non-hydrogen) atoms. The lowest BCUT2D eigenvalue weighted by molar-refractivity contribution is -0.118. The second-order valence-electron chi connectivity index (χ2n) is 9.62. The van der Waals surface area contributed by atoms with E-state index < -0.39 is 23.1 Å². The maximum atomic E-state index is 15.2. The Balaban J connectivity index is 1.30. The molecule has 1 aliphatic heterocycles. The molecule has 0 aliphatic carbocycles. The summed E-state index contributed by atoms with van der Waals surface area (Å²) in [6, 6.07) is 9.24. The minimum Gasteiger partial charge on any atom is -0.478 e. The monoisotopic (exact) mass is 593 g/mol. The Morgan fingerprint density at radius 2 is 1.95 bits per heavy atom. The zero-order valence-corrected chi connectivity index (χ0v) is 23.7. The first kappa shape index (κ1) is 29.0. The predicted molar refractivity (Wildman–Crippen MR) is 157 cm³/mol. The Bertz CT molecular complexity index is 1730. The number of hydrogen-bond acceptors (Lipinski definition) is 10. The number of thioether (sulfide) groups is 1. The van der Waals surface area contributed by atoms with Gasteiger partial charge in [-0.25, -0.2) is 14.6 Å². The molecule has 12 nitrogen and oxygen atoms in total. The SMILES string of the molecule is CCn1cc(-c2nnc(SCC(=O)N/N=C/c3ccccc3C(=O)O)o2)c(=O)c2cc(F)c(N3CCN(C)CC3)cc21. The summed E-state index contributed by atoms with van der Waals surface area (Å²) in [6.07, 6.45) is 2.86. The summed E-state index contributed by atoms with van der Waals surface area (Å²) < 4.78 is 22.7. The van der Waals surface area contributed by atoms with E-state index in [0.717, 1.165) is 24.9 Å². The minimum absolute atomic E-state index is 0.0427. The van der Waals surface area contributed by atoms with E-state index in [9.17, 15) is 19.5 Å². The van der Waals surface area contributed by atoms with Crippen LogP contribution in [-0.4, -0.2) is 81.8 Å². The van der Waals surface area contributed by atoms with Crippen LogP contribution in [0.4, 0.5) is 10.1 Å². The molecule has 1 fully saturated rings. The summed E-state index contributed by atoms with van der Waals surface area (Å²) in [5.41, 5.74) is 3.47. The van der Waals surface area contributed by atoms with Crippen molar-refractivity contribution in [1.29, 1.82) is 0 Å². The lowest BCUT2D eigenvalue weighted by atomic mass is 10.1. The highest BCUT2D eigenvalue weighted by Gasteiger charge is 2.22. The molecular weight excluding hydrogens is 565 g/mol. The molecule has 1 aliphatic rings. The first-order valence-electron chi connectivity index (χ1n) is 13.2. The van der Waals surface area contributed by atoms with Crippen LogP contribution >= 0.6 is 11.8 Å². The third kappa shape index (κ3) is 6.19. The maximum Gasteiger partial charge on any atom is 0.336 e. The second kappa shape index (κ2) is 12.5. The highest BCUT2D eigenvalue weighted by Crippen LogP contribution is 2.28. The van der Waals surface area contributed by atoms with Crippen molar-refractivity contribution in [3.63, 3.8) is 0 Å². The number of carbonyl (C=O) groups excluding carboxylic acids is 1. The van der Waals surface area contributed by atoms with Crippen molar-refractivity contribution in [3.05, 3.63) is 69.8 Å². The number of rotatable bonds is 9. The van der Waals surface area contributed by atoms with Crippen LogP contribution in [0.15, 0.2) is 62.1 Å². The number of fused-ring (bicyclic) bond motifs is 1. The highest BCUT2D eigenvalue weighted by molar-refractivity contribution is 7.99. The Morgan fingerprint density at radius 3 is 2.69 bits per heavy atom. The number of aromatic carboxylic acids is 1. The zero-order valence-electron chi connectivity index (χ0n) is 22.9. The number of pyridine rings is 1. The van der Waals surface area contributed by atoms with Crippen molar-refractivity contribution in [2.75, 3.05) is 43.9 Å². The van der Waals surface area contributed by atoms with Gasteiger partial charge in [-0.15, -0.1) is 10.2 Å². The lowest BCUT2D eigenvalue weighted by Gasteiger charge is -2.34. The smallest absolute Gasteiger partial charge is 0.336 e. The number of likely N-dealkylation sites (N-methyl/N-ethyl adjacent to an activating group) is 1. The number of piperazine rings is 1. The number of aromatic nitrogens is 3. The van der Waals surface area contributed by atoms with E-state index in [-0.39, 0.29) is 33.4 Å². The van der Waals surface area contributed by atoms with Crippen LogP contribution in [0.25, 0.3) is 22.4 Å². The molecule has 5 rings (SSSR count). The molecule has 0 spiro atoms. The Labute approximate surface area is 243 Å². The van der Waals surface area contributed by atoms with Gasteiger partial charge in [-0.2, -0.15) is 5.10 Å². The maximum absolute atomic E-state index is 15.2. The number of hydrogen-bond donors (Lipinski definition) is 2. The molecule has 0 saturated carbocycles. The van der Waals surface area contributed by atoms with Crippen LogP contribution in [0.1, 0.15) is 22.8 Å². The largest absolute Gasteiger partial charge is 0.478 e. The van der Waals surface area contributed by atoms with E-state index in [1.54, 1.807) is 30.5 Å². The van der Waals surface area contributed by atoms with Gasteiger partial charge in [0.15, 0.2) is 0 Å². The van der Waals surface area contributed by atoms with E-state index in [0.29, 0.717) is 36.4 Å². The third-order valence-corrected chi connectivity index (χ3v) is 7.70. The summed E-state index contributed by atoms with van der Waals surface area (Å²) in [4.78, 5) is 41.1. The summed E-state index contributed by atoms with van der Waals surface area (Å²) >= 11 is 0.940. The van der Waals surface area contributed by atoms with Crippen molar-refractivity contribution in [2.45, 2.75) is 18.7 Å². The molecule has 218 valence electrons. The van der Waals surface area contributed by atoms with Crippen molar-refractivity contribution < 1.29 is 23.5 Å². The molecule has 1 saturated heterocycles. The number of aryl methyl sites for hydroxylation is 1. The van der Waals surface area contributed by atoms with Gasteiger partial charge in [0.05, 0.1) is 28.7 Å². The molecule has 0 unspecified atom stereocenters. The van der Waals surface area contributed by atoms with E-state index in [4.69, 9.17) is 4.42 Å². The van der Waals surface area contributed by atoms with Crippen LogP contribution in [0.2, 0.25) is 0 Å². The lowest BCUT2D eigenvalue weighted by Crippen LogP contribution is -2.44. The van der Waals surface area contributed by atoms with Gasteiger partial charge in [0.1, 0.15) is 11.4 Å². The van der Waals surface area contributed by atoms with Crippen LogP contribution in [0.5, 0.6) is 0 Å². The van der Waals surface area contributed by atoms with Crippen LogP contribution in [0, 0.1) is 5.82 Å². The quantitative estimate of drug-likeness (QED) is 0.169. The van der Waals surface area contributed by atoms with Crippen molar-refractivity contribution in [3.8, 4) is 11.5 Å². The van der Waals surface area contributed by atoms with E-state index in [2.05, 4.69) is 25.6 Å². The molecular formula is C28H28FN7O5S. The molecule has 0 bridgehead atoms. The number of hydrazone groups is 1. The number of carboxylic acid groups (broad SMARTS) is 1. The average Bonchev–Trinajstić information content (AvgIpc) is 3.46. The topological polar surface area (TPSA) is 146 Å². The van der Waals surface area contributed by atoms with Crippen molar-refractivity contribution >= 4 is 46.4 Å². The fourth-order valence-electron chi connectivity index (χ4n) is 4.62. The minimum atomic E-state index is -1.11. The number of nitrogens with zero attached hydrogens (tertiary/aromatic N) is 6. The molecule has 3 heterocycles. The molecule has 2 N–H and O–H groups in total. The fourth-order valence-corrected chi connectivity index (χ4v) is 5.17. The average molecular weight is 594 g/mol. The van der Waals surface area contributed by atoms with E-state index in [1.807, 2.05) is 23.4 Å². The predicted octanol–water partition coefficient (Wildman–Crippen LogP) is 2.90. The molecule has 14 heteroatoms. The highest BCUT2D eigenvalue weighted by atomic mass is 32.2. The van der Waals surface area contributed by atoms with Crippen LogP contribution < -0.4 is 15.8 Å². The first-order chi connectivity index (χ1) is 20.2. The number of anilines is 1. The van der Waals surface area contributed by atoms with Gasteiger partial charge in [-0.1, -0.05) is 30.0 Å². The Hall–Kier alpha value is -4.56. The van der Waals surface area contributed by atoms with Gasteiger partial charge >= 0.3 is 5.97 Å². The third-order valence-electron chi connectivity index (χ3n) is 6.88. The van der Waals surface area contributed by atoms with Gasteiger partial charge in [0.2, 0.25) is 5.43 Å². The van der Waals surface area contributed by atoms with Crippen molar-refractivity contribution in [1.82, 2.24) is 25.1 Å². The molecule has 0 atom stereocenters. The fraction of sp³-hybridized carbons (Fsp3) is 0.286. The summed E-state index contributed by atoms with van der Waals surface area (Å²) in [7, 11) is 2.03. The van der Waals surface area contributed by atoms with Gasteiger partial charge in [0.25, 0.3) is 17.0 Å². The molecule has 4 aromatic rings. The van der Waals surface area contributed by atoms with Gasteiger partial charge < -0.3 is 23.9 Å². The van der Waals surface area contributed by atoms with Crippen LogP contribution in [0.3, 0.4) is 0 Å². The standard InChI is InChI=1S/C28H28FN7O5S/c1-3-35-15-20(25(38)19-12-21(29)23(13-22(19)35)36-10-8-34(2)9-11-36)26-32-33-28(41-26)42-16-24(37)31-30-14-17-6-4-5-7-18(17)27(39)40/h4-7,12-15H,3,8-11,16H2,1-2H3,(H,31,37)(H,39,40)/b30-14+. The number of nitrogens with one attached hydrogen (secondary N) is 1. The number of amides is 1. The number of carbonyl (C=O) groups is 2. The van der Waals surface area contributed by atoms with Crippen LogP contribution in [-0.2, 0) is 11.3 Å². The first-order valence-corrected chi connectivity index (χ1v) is 14.1. The van der Waals surface area contributed by atoms with E-state index in [1.165, 1.54) is 18.3 Å². The molecule has 2 aromatic carbocycles. The summed E-state index contributed by atoms with van der Waals surface area (Å²) in [5, 5.41) is 21.2. The second-order valence-corrected chi connectivity index (χ2v) is 10.5.